The zero-order valence-electron chi connectivity index (χ0n) is 12.2. The molecule has 2 atom stereocenters. The van der Waals surface area contributed by atoms with Crippen molar-refractivity contribution in [2.75, 3.05) is 13.2 Å². The highest BCUT2D eigenvalue weighted by atomic mass is 16.6. The molecule has 0 radical (unpaired) electrons. The third-order valence-electron chi connectivity index (χ3n) is 4.02. The number of carbonyl (C=O) groups is 1. The summed E-state index contributed by atoms with van der Waals surface area (Å²) >= 11 is 0. The van der Waals surface area contributed by atoms with E-state index in [4.69, 9.17) is 4.74 Å². The van der Waals surface area contributed by atoms with Crippen molar-refractivity contribution >= 4 is 5.97 Å². The quantitative estimate of drug-likeness (QED) is 0.419. The molecule has 1 saturated carbocycles. The van der Waals surface area contributed by atoms with Crippen molar-refractivity contribution in [1.29, 1.82) is 0 Å². The van der Waals surface area contributed by atoms with Crippen LogP contribution in [-0.4, -0.2) is 24.0 Å². The van der Waals surface area contributed by atoms with Gasteiger partial charge in [-0.25, -0.2) is 0 Å². The Balaban J connectivity index is 2.20. The highest BCUT2D eigenvalue weighted by Gasteiger charge is 2.41. The van der Waals surface area contributed by atoms with Gasteiger partial charge in [-0.05, 0) is 31.2 Å². The number of rotatable bonds is 8. The van der Waals surface area contributed by atoms with Gasteiger partial charge in [0.15, 0.2) is 0 Å². The van der Waals surface area contributed by atoms with Crippen molar-refractivity contribution in [3.63, 3.8) is 0 Å². The fraction of sp³-hybridized carbons (Fsp3) is 0.562. The fourth-order valence-electron chi connectivity index (χ4n) is 2.92. The summed E-state index contributed by atoms with van der Waals surface area (Å²) in [6.45, 7) is 2.03. The average molecular weight is 291 g/mol. The number of benzene rings is 1. The van der Waals surface area contributed by atoms with Gasteiger partial charge in [0.25, 0.3) is 0 Å². The van der Waals surface area contributed by atoms with Gasteiger partial charge in [0.05, 0.1) is 13.0 Å². The minimum absolute atomic E-state index is 0.0797. The standard InChI is InChI=1S/C16H21NO4/c1-2-21-16(18)10-14(12-6-4-3-5-7-12)15(11-17(19)20)13-8-9-13/h3-7,13-15H,2,8-11H2,1H3/t14-,15-/m1/s1. The molecule has 0 unspecified atom stereocenters. The van der Waals surface area contributed by atoms with Crippen molar-refractivity contribution in [3.05, 3.63) is 46.0 Å². The molecule has 2 rings (SSSR count). The van der Waals surface area contributed by atoms with Crippen molar-refractivity contribution < 1.29 is 14.5 Å². The first-order valence-corrected chi connectivity index (χ1v) is 7.44. The summed E-state index contributed by atoms with van der Waals surface area (Å²) in [6, 6.07) is 9.61. The van der Waals surface area contributed by atoms with Crippen molar-refractivity contribution in [1.82, 2.24) is 0 Å². The zero-order valence-corrected chi connectivity index (χ0v) is 12.2. The van der Waals surface area contributed by atoms with E-state index < -0.39 is 0 Å². The molecule has 0 saturated heterocycles. The number of hydrogen-bond donors (Lipinski definition) is 0. The summed E-state index contributed by atoms with van der Waals surface area (Å²) in [7, 11) is 0. The lowest BCUT2D eigenvalue weighted by molar-refractivity contribution is -0.489. The summed E-state index contributed by atoms with van der Waals surface area (Å²) in [4.78, 5) is 22.6. The SMILES string of the molecule is CCOC(=O)C[C@H](c1ccccc1)[C@H](C[N+](=O)[O-])C1CC1. The number of nitro groups is 1. The largest absolute Gasteiger partial charge is 0.466 e. The third kappa shape index (κ3) is 4.55. The van der Waals surface area contributed by atoms with Gasteiger partial charge in [-0.15, -0.1) is 0 Å². The normalized spacial score (nSPS) is 17.0. The first kappa shape index (κ1) is 15.5. The summed E-state index contributed by atoms with van der Waals surface area (Å²) in [6.07, 6.45) is 2.25. The number of esters is 1. The van der Waals surface area contributed by atoms with Crippen LogP contribution in [0.2, 0.25) is 0 Å². The molecule has 0 aromatic heterocycles. The van der Waals surface area contributed by atoms with Crippen LogP contribution in [0, 0.1) is 22.0 Å². The molecule has 1 aromatic carbocycles. The van der Waals surface area contributed by atoms with E-state index in [1.807, 2.05) is 30.3 Å². The molecule has 1 aliphatic rings. The lowest BCUT2D eigenvalue weighted by atomic mass is 9.80. The maximum Gasteiger partial charge on any atom is 0.306 e. The Labute approximate surface area is 124 Å². The van der Waals surface area contributed by atoms with Gasteiger partial charge in [0, 0.05) is 16.8 Å². The first-order chi connectivity index (χ1) is 10.1. The number of nitrogens with zero attached hydrogens (tertiary/aromatic N) is 1. The lowest BCUT2D eigenvalue weighted by Crippen LogP contribution is -2.26. The Bertz CT molecular complexity index is 484. The number of carbonyl (C=O) groups excluding carboxylic acids is 1. The summed E-state index contributed by atoms with van der Waals surface area (Å²) in [5, 5.41) is 11.0. The molecule has 0 amide bonds. The highest BCUT2D eigenvalue weighted by molar-refractivity contribution is 5.70. The second kappa shape index (κ2) is 7.20. The Hall–Kier alpha value is -1.91. The average Bonchev–Trinajstić information content (AvgIpc) is 3.28. The smallest absolute Gasteiger partial charge is 0.306 e. The van der Waals surface area contributed by atoms with Crippen LogP contribution in [-0.2, 0) is 9.53 Å². The summed E-state index contributed by atoms with van der Waals surface area (Å²) in [5.41, 5.74) is 0.990. The van der Waals surface area contributed by atoms with Crippen LogP contribution in [0.1, 0.15) is 37.7 Å². The molecule has 0 N–H and O–H groups in total. The van der Waals surface area contributed by atoms with E-state index in [1.54, 1.807) is 6.92 Å². The summed E-state index contributed by atoms with van der Waals surface area (Å²) < 4.78 is 5.04. The van der Waals surface area contributed by atoms with Crippen LogP contribution >= 0.6 is 0 Å². The number of hydrogen-bond acceptors (Lipinski definition) is 4. The zero-order chi connectivity index (χ0) is 15.2. The molecular formula is C16H21NO4. The lowest BCUT2D eigenvalue weighted by Gasteiger charge is -2.24. The summed E-state index contributed by atoms with van der Waals surface area (Å²) in [5.74, 6) is -0.148. The molecule has 5 heteroatoms. The van der Waals surface area contributed by atoms with Gasteiger partial charge < -0.3 is 4.74 Å². The predicted molar refractivity (Wildman–Crippen MR) is 78.5 cm³/mol. The third-order valence-corrected chi connectivity index (χ3v) is 4.02. The number of ether oxygens (including phenoxy) is 1. The Kier molecular flexibility index (Phi) is 5.31. The van der Waals surface area contributed by atoms with Gasteiger partial charge in [-0.3, -0.25) is 14.9 Å². The fourth-order valence-corrected chi connectivity index (χ4v) is 2.92. The van der Waals surface area contributed by atoms with Crippen LogP contribution in [0.3, 0.4) is 0 Å². The van der Waals surface area contributed by atoms with E-state index in [1.165, 1.54) is 0 Å². The van der Waals surface area contributed by atoms with E-state index in [2.05, 4.69) is 0 Å². The van der Waals surface area contributed by atoms with Crippen LogP contribution < -0.4 is 0 Å². The van der Waals surface area contributed by atoms with Gasteiger partial charge in [0.2, 0.25) is 6.54 Å². The van der Waals surface area contributed by atoms with Gasteiger partial charge in [-0.2, -0.15) is 0 Å². The van der Waals surface area contributed by atoms with E-state index in [0.29, 0.717) is 12.5 Å². The monoisotopic (exact) mass is 291 g/mol. The van der Waals surface area contributed by atoms with E-state index in [9.17, 15) is 14.9 Å². The Morgan fingerprint density at radius 3 is 2.57 bits per heavy atom. The molecule has 0 heterocycles. The molecule has 0 bridgehead atoms. The van der Waals surface area contributed by atoms with Crippen molar-refractivity contribution in [2.45, 2.75) is 32.1 Å². The van der Waals surface area contributed by atoms with Crippen LogP contribution in [0.15, 0.2) is 30.3 Å². The molecule has 1 aromatic rings. The maximum absolute atomic E-state index is 11.9. The first-order valence-electron chi connectivity index (χ1n) is 7.44. The molecule has 5 nitrogen and oxygen atoms in total. The predicted octanol–water partition coefficient (Wildman–Crippen LogP) is 3.03. The van der Waals surface area contributed by atoms with E-state index >= 15 is 0 Å². The molecule has 0 spiro atoms. The molecule has 0 aliphatic heterocycles. The Morgan fingerprint density at radius 2 is 2.05 bits per heavy atom. The van der Waals surface area contributed by atoms with Crippen LogP contribution in [0.5, 0.6) is 0 Å². The van der Waals surface area contributed by atoms with E-state index in [-0.39, 0.29) is 35.7 Å². The molecular weight excluding hydrogens is 270 g/mol. The molecule has 1 aliphatic carbocycles. The second-order valence-electron chi connectivity index (χ2n) is 5.54. The topological polar surface area (TPSA) is 69.4 Å². The van der Waals surface area contributed by atoms with Gasteiger partial charge >= 0.3 is 5.97 Å². The second-order valence-corrected chi connectivity index (χ2v) is 5.54. The van der Waals surface area contributed by atoms with Crippen LogP contribution in [0.25, 0.3) is 0 Å². The molecule has 114 valence electrons. The van der Waals surface area contributed by atoms with Gasteiger partial charge in [0.1, 0.15) is 0 Å². The minimum atomic E-state index is -0.277. The van der Waals surface area contributed by atoms with Crippen molar-refractivity contribution in [3.8, 4) is 0 Å². The van der Waals surface area contributed by atoms with Crippen molar-refractivity contribution in [2.24, 2.45) is 11.8 Å². The molecule has 21 heavy (non-hydrogen) atoms. The minimum Gasteiger partial charge on any atom is -0.466 e. The van der Waals surface area contributed by atoms with E-state index in [0.717, 1.165) is 18.4 Å². The maximum atomic E-state index is 11.9. The molecule has 1 fully saturated rings. The highest BCUT2D eigenvalue weighted by Crippen LogP contribution is 2.45. The van der Waals surface area contributed by atoms with Gasteiger partial charge in [-0.1, -0.05) is 30.3 Å². The van der Waals surface area contributed by atoms with Crippen LogP contribution in [0.4, 0.5) is 0 Å². The Morgan fingerprint density at radius 1 is 1.38 bits per heavy atom.